The molecular formula is C18H16F3N3O3S. The SMILES string of the molecule is COc1ccc(Cn2nc(C(F)(F)F)nc2-c2ccc(S(C)(=O)=O)cc2)cc1. The van der Waals surface area contributed by atoms with Crippen LogP contribution in [0.4, 0.5) is 13.2 Å². The molecule has 0 saturated heterocycles. The Labute approximate surface area is 159 Å². The summed E-state index contributed by atoms with van der Waals surface area (Å²) in [5.41, 5.74) is 1.03. The number of benzene rings is 2. The van der Waals surface area contributed by atoms with Crippen LogP contribution >= 0.6 is 0 Å². The molecule has 0 bridgehead atoms. The van der Waals surface area contributed by atoms with Gasteiger partial charge in [-0.1, -0.05) is 12.1 Å². The summed E-state index contributed by atoms with van der Waals surface area (Å²) in [5, 5.41) is 3.60. The van der Waals surface area contributed by atoms with Crippen LogP contribution in [0.25, 0.3) is 11.4 Å². The summed E-state index contributed by atoms with van der Waals surface area (Å²) in [6, 6.07) is 12.3. The molecule has 3 rings (SSSR count). The highest BCUT2D eigenvalue weighted by atomic mass is 32.2. The molecule has 0 atom stereocenters. The Morgan fingerprint density at radius 1 is 1.04 bits per heavy atom. The normalized spacial score (nSPS) is 12.2. The molecule has 3 aromatic rings. The molecular weight excluding hydrogens is 395 g/mol. The van der Waals surface area contributed by atoms with Crippen LogP contribution in [0.3, 0.4) is 0 Å². The lowest BCUT2D eigenvalue weighted by Crippen LogP contribution is -2.09. The minimum absolute atomic E-state index is 0.0109. The van der Waals surface area contributed by atoms with E-state index in [0.717, 1.165) is 10.9 Å². The molecule has 0 saturated carbocycles. The molecule has 0 fully saturated rings. The van der Waals surface area contributed by atoms with Crippen molar-refractivity contribution in [1.82, 2.24) is 14.8 Å². The predicted molar refractivity (Wildman–Crippen MR) is 95.7 cm³/mol. The van der Waals surface area contributed by atoms with Gasteiger partial charge in [0, 0.05) is 11.8 Å². The average Bonchev–Trinajstić information content (AvgIpc) is 3.06. The molecule has 1 aromatic heterocycles. The second-order valence-corrected chi connectivity index (χ2v) is 8.07. The zero-order valence-electron chi connectivity index (χ0n) is 14.9. The largest absolute Gasteiger partial charge is 0.497 e. The highest BCUT2D eigenvalue weighted by Crippen LogP contribution is 2.29. The van der Waals surface area contributed by atoms with Crippen molar-refractivity contribution in [3.63, 3.8) is 0 Å². The number of methoxy groups -OCH3 is 1. The van der Waals surface area contributed by atoms with Gasteiger partial charge in [0.1, 0.15) is 5.75 Å². The van der Waals surface area contributed by atoms with Crippen molar-refractivity contribution in [3.8, 4) is 17.1 Å². The summed E-state index contributed by atoms with van der Waals surface area (Å²) in [7, 11) is -1.91. The van der Waals surface area contributed by atoms with E-state index >= 15 is 0 Å². The highest BCUT2D eigenvalue weighted by Gasteiger charge is 2.37. The third-order valence-electron chi connectivity index (χ3n) is 3.96. The molecule has 10 heteroatoms. The van der Waals surface area contributed by atoms with Crippen LogP contribution in [0.5, 0.6) is 5.75 Å². The van der Waals surface area contributed by atoms with Gasteiger partial charge >= 0.3 is 6.18 Å². The van der Waals surface area contributed by atoms with Crippen molar-refractivity contribution < 1.29 is 26.3 Å². The molecule has 148 valence electrons. The Bertz CT molecular complexity index is 1070. The molecule has 28 heavy (non-hydrogen) atoms. The van der Waals surface area contributed by atoms with Crippen LogP contribution in [0, 0.1) is 0 Å². The summed E-state index contributed by atoms with van der Waals surface area (Å²) >= 11 is 0. The lowest BCUT2D eigenvalue weighted by Gasteiger charge is -2.08. The van der Waals surface area contributed by atoms with Crippen molar-refractivity contribution in [3.05, 3.63) is 59.9 Å². The van der Waals surface area contributed by atoms with Crippen molar-refractivity contribution in [2.24, 2.45) is 0 Å². The van der Waals surface area contributed by atoms with Gasteiger partial charge in [0.25, 0.3) is 5.82 Å². The minimum Gasteiger partial charge on any atom is -0.497 e. The number of rotatable bonds is 5. The fourth-order valence-electron chi connectivity index (χ4n) is 2.54. The number of hydrogen-bond acceptors (Lipinski definition) is 5. The van der Waals surface area contributed by atoms with E-state index in [9.17, 15) is 21.6 Å². The number of alkyl halides is 3. The maximum absolute atomic E-state index is 13.1. The quantitative estimate of drug-likeness (QED) is 0.643. The lowest BCUT2D eigenvalue weighted by atomic mass is 10.2. The third kappa shape index (κ3) is 4.33. The molecule has 0 spiro atoms. The zero-order valence-corrected chi connectivity index (χ0v) is 15.8. The number of ether oxygens (including phenoxy) is 1. The minimum atomic E-state index is -4.70. The van der Waals surface area contributed by atoms with E-state index in [0.29, 0.717) is 16.9 Å². The van der Waals surface area contributed by atoms with E-state index in [1.807, 2.05) is 0 Å². The maximum Gasteiger partial charge on any atom is 0.453 e. The van der Waals surface area contributed by atoms with Crippen LogP contribution < -0.4 is 4.74 Å². The van der Waals surface area contributed by atoms with Crippen molar-refractivity contribution in [2.45, 2.75) is 17.6 Å². The van der Waals surface area contributed by atoms with Gasteiger partial charge < -0.3 is 4.74 Å². The molecule has 0 radical (unpaired) electrons. The monoisotopic (exact) mass is 411 g/mol. The first-order chi connectivity index (χ1) is 13.1. The number of sulfone groups is 1. The van der Waals surface area contributed by atoms with E-state index in [4.69, 9.17) is 4.74 Å². The van der Waals surface area contributed by atoms with Crippen LogP contribution in [0.2, 0.25) is 0 Å². The van der Waals surface area contributed by atoms with Crippen LogP contribution in [0.15, 0.2) is 53.4 Å². The Morgan fingerprint density at radius 3 is 2.14 bits per heavy atom. The summed E-state index contributed by atoms with van der Waals surface area (Å²) in [5.74, 6) is -0.652. The Hall–Kier alpha value is -2.88. The topological polar surface area (TPSA) is 74.1 Å². The summed E-state index contributed by atoms with van der Waals surface area (Å²) < 4.78 is 68.7. The van der Waals surface area contributed by atoms with Gasteiger partial charge in [-0.3, -0.25) is 0 Å². The standard InChI is InChI=1S/C18H16F3N3O3S/c1-27-14-7-3-12(4-8-14)11-24-16(22-17(23-24)18(19,20)21)13-5-9-15(10-6-13)28(2,25)26/h3-10H,11H2,1-2H3. The molecule has 0 aliphatic carbocycles. The number of halogens is 3. The zero-order chi connectivity index (χ0) is 20.5. The first-order valence-electron chi connectivity index (χ1n) is 8.03. The lowest BCUT2D eigenvalue weighted by molar-refractivity contribution is -0.144. The van der Waals surface area contributed by atoms with Gasteiger partial charge in [0.15, 0.2) is 15.7 Å². The third-order valence-corrected chi connectivity index (χ3v) is 5.09. The first-order valence-corrected chi connectivity index (χ1v) is 9.92. The predicted octanol–water partition coefficient (Wildman–Crippen LogP) is 3.42. The summed E-state index contributed by atoms with van der Waals surface area (Å²) in [6.07, 6.45) is -3.65. The van der Waals surface area contributed by atoms with E-state index in [1.165, 1.54) is 31.4 Å². The van der Waals surface area contributed by atoms with Crippen LogP contribution in [-0.4, -0.2) is 36.5 Å². The molecule has 0 amide bonds. The smallest absolute Gasteiger partial charge is 0.453 e. The van der Waals surface area contributed by atoms with E-state index in [1.54, 1.807) is 24.3 Å². The van der Waals surface area contributed by atoms with Crippen molar-refractivity contribution in [2.75, 3.05) is 13.4 Å². The Balaban J connectivity index is 2.02. The molecule has 6 nitrogen and oxygen atoms in total. The molecule has 1 heterocycles. The van der Waals surface area contributed by atoms with Gasteiger partial charge in [-0.15, -0.1) is 5.10 Å². The Kier molecular flexibility index (Phi) is 5.16. The molecule has 0 unspecified atom stereocenters. The highest BCUT2D eigenvalue weighted by molar-refractivity contribution is 7.90. The maximum atomic E-state index is 13.1. The summed E-state index contributed by atoms with van der Waals surface area (Å²) in [6.45, 7) is 0.0518. The van der Waals surface area contributed by atoms with Gasteiger partial charge in [-0.05, 0) is 42.0 Å². The number of aromatic nitrogens is 3. The van der Waals surface area contributed by atoms with Gasteiger partial charge in [-0.2, -0.15) is 13.2 Å². The average molecular weight is 411 g/mol. The fourth-order valence-corrected chi connectivity index (χ4v) is 3.17. The van der Waals surface area contributed by atoms with Gasteiger partial charge in [-0.25, -0.2) is 18.1 Å². The van der Waals surface area contributed by atoms with Crippen molar-refractivity contribution in [1.29, 1.82) is 0 Å². The second kappa shape index (κ2) is 7.27. The molecule has 0 aliphatic heterocycles. The van der Waals surface area contributed by atoms with Gasteiger partial charge in [0.05, 0.1) is 18.6 Å². The second-order valence-electron chi connectivity index (χ2n) is 6.06. The molecule has 0 aliphatic rings. The fraction of sp³-hybridized carbons (Fsp3) is 0.222. The molecule has 0 N–H and O–H groups in total. The number of hydrogen-bond donors (Lipinski definition) is 0. The Morgan fingerprint density at radius 2 is 1.64 bits per heavy atom. The first kappa shape index (κ1) is 19.9. The van der Waals surface area contributed by atoms with Crippen LogP contribution in [0.1, 0.15) is 11.4 Å². The van der Waals surface area contributed by atoms with E-state index in [2.05, 4.69) is 10.1 Å². The number of nitrogens with zero attached hydrogens (tertiary/aromatic N) is 3. The van der Waals surface area contributed by atoms with E-state index in [-0.39, 0.29) is 17.3 Å². The van der Waals surface area contributed by atoms with Crippen molar-refractivity contribution >= 4 is 9.84 Å². The van der Waals surface area contributed by atoms with Crippen LogP contribution in [-0.2, 0) is 22.6 Å². The summed E-state index contributed by atoms with van der Waals surface area (Å²) in [4.78, 5) is 3.69. The van der Waals surface area contributed by atoms with Gasteiger partial charge in [0.2, 0.25) is 0 Å². The molecule has 2 aromatic carbocycles. The van der Waals surface area contributed by atoms with E-state index < -0.39 is 21.8 Å².